The SMILES string of the molecule is CCCNC(=O)C(Cc1ccccc1)N(Cc1ccc(F)cc1)C(=O)CN(c1c(C)cccc1C)S(C)(=O)=O. The van der Waals surface area contributed by atoms with E-state index in [0.29, 0.717) is 35.3 Å². The molecule has 0 heterocycles. The predicted octanol–water partition coefficient (Wildman–Crippen LogP) is 4.37. The van der Waals surface area contributed by atoms with Gasteiger partial charge in [-0.05, 0) is 54.7 Å². The van der Waals surface area contributed by atoms with Crippen LogP contribution in [0.4, 0.5) is 10.1 Å². The smallest absolute Gasteiger partial charge is 0.244 e. The van der Waals surface area contributed by atoms with Gasteiger partial charge in [0, 0.05) is 19.5 Å². The zero-order valence-electron chi connectivity index (χ0n) is 22.9. The van der Waals surface area contributed by atoms with Crippen LogP contribution >= 0.6 is 0 Å². The van der Waals surface area contributed by atoms with Gasteiger partial charge in [-0.15, -0.1) is 0 Å². The van der Waals surface area contributed by atoms with Crippen LogP contribution in [0.2, 0.25) is 0 Å². The highest BCUT2D eigenvalue weighted by molar-refractivity contribution is 7.92. The molecule has 3 aromatic carbocycles. The van der Waals surface area contributed by atoms with E-state index in [2.05, 4.69) is 5.32 Å². The van der Waals surface area contributed by atoms with Gasteiger partial charge in [-0.25, -0.2) is 12.8 Å². The molecule has 0 spiro atoms. The highest BCUT2D eigenvalue weighted by atomic mass is 32.2. The number of halogens is 1. The van der Waals surface area contributed by atoms with E-state index in [9.17, 15) is 22.4 Å². The average molecular weight is 554 g/mol. The molecule has 1 atom stereocenters. The summed E-state index contributed by atoms with van der Waals surface area (Å²) < 4.78 is 40.7. The highest BCUT2D eigenvalue weighted by Gasteiger charge is 2.33. The number of hydrogen-bond donors (Lipinski definition) is 1. The molecule has 0 bridgehead atoms. The van der Waals surface area contributed by atoms with Crippen LogP contribution in [0.15, 0.2) is 72.8 Å². The minimum Gasteiger partial charge on any atom is -0.354 e. The van der Waals surface area contributed by atoms with Gasteiger partial charge in [-0.3, -0.25) is 13.9 Å². The molecule has 0 saturated carbocycles. The van der Waals surface area contributed by atoms with Crippen molar-refractivity contribution in [3.8, 4) is 0 Å². The van der Waals surface area contributed by atoms with Gasteiger partial charge in [0.05, 0.1) is 11.9 Å². The topological polar surface area (TPSA) is 86.8 Å². The number of rotatable bonds is 12. The Hall–Kier alpha value is -3.72. The minimum absolute atomic E-state index is 0.000510. The Morgan fingerprint density at radius 1 is 0.897 bits per heavy atom. The summed E-state index contributed by atoms with van der Waals surface area (Å²) in [7, 11) is -3.85. The van der Waals surface area contributed by atoms with Gasteiger partial charge in [-0.2, -0.15) is 0 Å². The summed E-state index contributed by atoms with van der Waals surface area (Å²) in [6.07, 6.45) is 2.00. The van der Waals surface area contributed by atoms with Crippen molar-refractivity contribution in [2.45, 2.75) is 46.2 Å². The number of sulfonamides is 1. The number of para-hydroxylation sites is 1. The third kappa shape index (κ3) is 8.13. The summed E-state index contributed by atoms with van der Waals surface area (Å²) in [5.41, 5.74) is 3.31. The van der Waals surface area contributed by atoms with Crippen LogP contribution in [-0.2, 0) is 32.6 Å². The molecule has 0 radical (unpaired) electrons. The van der Waals surface area contributed by atoms with Crippen LogP contribution in [0.3, 0.4) is 0 Å². The molecule has 2 amide bonds. The molecule has 9 heteroatoms. The van der Waals surface area contributed by atoms with Crippen LogP contribution in [0.1, 0.15) is 35.6 Å². The Labute approximate surface area is 230 Å². The summed E-state index contributed by atoms with van der Waals surface area (Å²) >= 11 is 0. The van der Waals surface area contributed by atoms with Crippen LogP contribution in [0.25, 0.3) is 0 Å². The van der Waals surface area contributed by atoms with Gasteiger partial charge < -0.3 is 10.2 Å². The number of nitrogens with zero attached hydrogens (tertiary/aromatic N) is 2. The van der Waals surface area contributed by atoms with E-state index in [1.54, 1.807) is 38.1 Å². The maximum Gasteiger partial charge on any atom is 0.244 e. The van der Waals surface area contributed by atoms with E-state index >= 15 is 0 Å². The number of carbonyl (C=O) groups is 2. The quantitative estimate of drug-likeness (QED) is 0.361. The standard InChI is InChI=1S/C30H36FN3O4S/c1-5-18-32-30(36)27(19-24-12-7-6-8-13-24)33(20-25-14-16-26(31)17-15-25)28(35)21-34(39(4,37)38)29-22(2)10-9-11-23(29)3/h6-17,27H,5,18-21H2,1-4H3,(H,32,36). The fraction of sp³-hybridized carbons (Fsp3) is 0.333. The van der Waals surface area contributed by atoms with Crippen molar-refractivity contribution in [2.24, 2.45) is 0 Å². The molecule has 0 aliphatic heterocycles. The number of carbonyl (C=O) groups excluding carboxylic acids is 2. The summed E-state index contributed by atoms with van der Waals surface area (Å²) in [5.74, 6) is -1.30. The summed E-state index contributed by atoms with van der Waals surface area (Å²) in [4.78, 5) is 28.9. The van der Waals surface area contributed by atoms with Crippen molar-refractivity contribution in [1.82, 2.24) is 10.2 Å². The fourth-order valence-corrected chi connectivity index (χ4v) is 5.45. The third-order valence-electron chi connectivity index (χ3n) is 6.45. The van der Waals surface area contributed by atoms with E-state index in [0.717, 1.165) is 16.1 Å². The molecular weight excluding hydrogens is 517 g/mol. The van der Waals surface area contributed by atoms with E-state index < -0.39 is 34.3 Å². The van der Waals surface area contributed by atoms with E-state index in [4.69, 9.17) is 0 Å². The predicted molar refractivity (Wildman–Crippen MR) is 152 cm³/mol. The summed E-state index contributed by atoms with van der Waals surface area (Å²) in [6, 6.07) is 19.5. The molecule has 7 nitrogen and oxygen atoms in total. The van der Waals surface area contributed by atoms with E-state index in [1.165, 1.54) is 17.0 Å². The fourth-order valence-electron chi connectivity index (χ4n) is 4.48. The van der Waals surface area contributed by atoms with Gasteiger partial charge in [-0.1, -0.05) is 67.6 Å². The molecule has 3 rings (SSSR count). The van der Waals surface area contributed by atoms with Crippen molar-refractivity contribution in [1.29, 1.82) is 0 Å². The Bertz CT molecular complexity index is 1360. The first-order valence-electron chi connectivity index (χ1n) is 12.9. The number of nitrogens with one attached hydrogen (secondary N) is 1. The van der Waals surface area contributed by atoms with Crippen molar-refractivity contribution < 1.29 is 22.4 Å². The number of aryl methyl sites for hydroxylation is 2. The number of anilines is 1. The maximum absolute atomic E-state index is 14.0. The van der Waals surface area contributed by atoms with Crippen LogP contribution < -0.4 is 9.62 Å². The van der Waals surface area contributed by atoms with Crippen molar-refractivity contribution in [2.75, 3.05) is 23.7 Å². The average Bonchev–Trinajstić information content (AvgIpc) is 2.89. The largest absolute Gasteiger partial charge is 0.354 e. The monoisotopic (exact) mass is 553 g/mol. The van der Waals surface area contributed by atoms with Crippen LogP contribution in [0, 0.1) is 19.7 Å². The lowest BCUT2D eigenvalue weighted by Gasteiger charge is -2.34. The summed E-state index contributed by atoms with van der Waals surface area (Å²) in [5, 5.41) is 2.89. The lowest BCUT2D eigenvalue weighted by atomic mass is 10.0. The van der Waals surface area contributed by atoms with Gasteiger partial charge in [0.15, 0.2) is 0 Å². The van der Waals surface area contributed by atoms with Crippen LogP contribution in [-0.4, -0.2) is 50.5 Å². The first-order valence-corrected chi connectivity index (χ1v) is 14.8. The van der Waals surface area contributed by atoms with Crippen LogP contribution in [0.5, 0.6) is 0 Å². The normalized spacial score (nSPS) is 12.0. The number of amides is 2. The number of benzene rings is 3. The van der Waals surface area contributed by atoms with Gasteiger partial charge in [0.1, 0.15) is 18.4 Å². The minimum atomic E-state index is -3.85. The molecule has 208 valence electrons. The first-order chi connectivity index (χ1) is 18.5. The molecule has 0 aliphatic rings. The maximum atomic E-state index is 14.0. The van der Waals surface area contributed by atoms with Crippen molar-refractivity contribution >= 4 is 27.5 Å². The van der Waals surface area contributed by atoms with Crippen molar-refractivity contribution in [3.05, 3.63) is 101 Å². The Morgan fingerprint density at radius 2 is 1.51 bits per heavy atom. The molecule has 1 N–H and O–H groups in total. The molecule has 0 fully saturated rings. The van der Waals surface area contributed by atoms with Crippen molar-refractivity contribution in [3.63, 3.8) is 0 Å². The second-order valence-corrected chi connectivity index (χ2v) is 11.6. The zero-order valence-corrected chi connectivity index (χ0v) is 23.7. The molecule has 39 heavy (non-hydrogen) atoms. The Balaban J connectivity index is 2.07. The lowest BCUT2D eigenvalue weighted by Crippen LogP contribution is -2.53. The molecule has 3 aromatic rings. The summed E-state index contributed by atoms with van der Waals surface area (Å²) in [6.45, 7) is 5.46. The highest BCUT2D eigenvalue weighted by Crippen LogP contribution is 2.27. The molecule has 0 aromatic heterocycles. The van der Waals surface area contributed by atoms with Gasteiger partial charge in [0.2, 0.25) is 21.8 Å². The molecule has 0 saturated heterocycles. The Kier molecular flexibility index (Phi) is 10.2. The second kappa shape index (κ2) is 13.4. The molecule has 0 aliphatic carbocycles. The zero-order chi connectivity index (χ0) is 28.6. The molecule has 1 unspecified atom stereocenters. The first kappa shape index (κ1) is 29.8. The second-order valence-electron chi connectivity index (χ2n) is 9.65. The third-order valence-corrected chi connectivity index (χ3v) is 7.57. The van der Waals surface area contributed by atoms with Gasteiger partial charge >= 0.3 is 0 Å². The number of hydrogen-bond acceptors (Lipinski definition) is 4. The van der Waals surface area contributed by atoms with E-state index in [1.807, 2.05) is 43.3 Å². The lowest BCUT2D eigenvalue weighted by molar-refractivity contribution is -0.140. The van der Waals surface area contributed by atoms with Gasteiger partial charge in [0.25, 0.3) is 0 Å². The Morgan fingerprint density at radius 3 is 2.08 bits per heavy atom. The van der Waals surface area contributed by atoms with E-state index in [-0.39, 0.29) is 18.9 Å². The molecular formula is C30H36FN3O4S.